The lowest BCUT2D eigenvalue weighted by atomic mass is 10.1. The van der Waals surface area contributed by atoms with Crippen LogP contribution in [0, 0.1) is 5.92 Å². The Kier molecular flexibility index (Phi) is 12.1. The van der Waals surface area contributed by atoms with Crippen LogP contribution in [0.2, 0.25) is 0 Å². The van der Waals surface area contributed by atoms with Crippen molar-refractivity contribution >= 4 is 50.8 Å². The number of nitrogens with zero attached hydrogens (tertiary/aromatic N) is 10. The van der Waals surface area contributed by atoms with Crippen LogP contribution in [0.25, 0.3) is 44.6 Å². The van der Waals surface area contributed by atoms with Gasteiger partial charge in [0.25, 0.3) is 0 Å². The Morgan fingerprint density at radius 3 is 1.88 bits per heavy atom. The molecule has 3 aliphatic rings. The molecule has 3 saturated heterocycles. The number of anilines is 4. The van der Waals surface area contributed by atoms with Crippen molar-refractivity contribution in [2.45, 2.75) is 59.1 Å². The van der Waals surface area contributed by atoms with E-state index in [4.69, 9.17) is 24.2 Å². The van der Waals surface area contributed by atoms with Gasteiger partial charge in [-0.1, -0.05) is 13.8 Å². The van der Waals surface area contributed by atoms with Crippen LogP contribution in [-0.2, 0) is 19.0 Å². The quantitative estimate of drug-likeness (QED) is 0.160. The summed E-state index contributed by atoms with van der Waals surface area (Å²) in [6.07, 6.45) is 8.79. The molecule has 1 unspecified atom stereocenters. The highest BCUT2D eigenvalue weighted by Crippen LogP contribution is 2.38. The minimum Gasteiger partial charge on any atom is -0.458 e. The first kappa shape index (κ1) is 40.9. The Morgan fingerprint density at radius 2 is 1.35 bits per heavy atom. The maximum absolute atomic E-state index is 13.1. The summed E-state index contributed by atoms with van der Waals surface area (Å²) in [7, 11) is 2.15. The largest absolute Gasteiger partial charge is 0.458 e. The fourth-order valence-corrected chi connectivity index (χ4v) is 8.19. The number of rotatable bonds is 9. The molecule has 0 aromatic carbocycles. The second-order valence-corrected chi connectivity index (χ2v) is 16.9. The molecular formula is C44H56N12O4. The first-order chi connectivity index (χ1) is 29.0. The molecule has 1 atom stereocenters. The predicted molar refractivity (Wildman–Crippen MR) is 235 cm³/mol. The summed E-state index contributed by atoms with van der Waals surface area (Å²) in [5, 5.41) is 16.3. The molecule has 6 aromatic rings. The first-order valence-corrected chi connectivity index (χ1v) is 21.0. The van der Waals surface area contributed by atoms with Gasteiger partial charge < -0.3 is 33.8 Å². The number of carbonyl (C=O) groups excluding carboxylic acids is 1. The van der Waals surface area contributed by atoms with Crippen LogP contribution in [0.1, 0.15) is 47.5 Å². The maximum Gasteiger partial charge on any atom is 0.329 e. The fourth-order valence-electron chi connectivity index (χ4n) is 8.19. The highest BCUT2D eigenvalue weighted by atomic mass is 16.6. The average Bonchev–Trinajstić information content (AvgIpc) is 4.07. The van der Waals surface area contributed by atoms with Crippen LogP contribution in [0.5, 0.6) is 0 Å². The van der Waals surface area contributed by atoms with E-state index in [0.29, 0.717) is 19.1 Å². The van der Waals surface area contributed by atoms with Crippen molar-refractivity contribution in [3.05, 3.63) is 61.2 Å². The van der Waals surface area contributed by atoms with E-state index in [1.54, 1.807) is 18.6 Å². The standard InChI is InChI=1S/C24H30N6O3.C20H26N6O/c1-24(2,3)33-23(31)18-5-4-10-30(18)19-15-20(29-11-13-32-14-12-29)27-21-16(19)6-8-25-22(21)17-7-9-26-28-17;1-14(2)13-25(3)17-12-18(26-8-10-27-11-9-26)23-19-15(17)4-6-21-20(19)16-5-7-22-24-16/h6-9,15,18H,4-5,10-14H2,1-3H3,(H,26,28);4-7,12,14H,8-11,13H2,1-3H3,(H,22,24). The molecule has 9 heterocycles. The SMILES string of the molecule is CC(C)(C)OC(=O)C1CCCN1c1cc(N2CCOCC2)nc2c(-c3ccn[nH]3)nccc12.CC(C)CN(C)c1cc(N2CCOCC2)nc2c(-c3ccn[nH]3)nccc12. The number of morpholine rings is 2. The topological polar surface area (TPSA) is 167 Å². The van der Waals surface area contributed by atoms with Crippen molar-refractivity contribution in [3.63, 3.8) is 0 Å². The Hall–Kier alpha value is -5.87. The van der Waals surface area contributed by atoms with Crippen LogP contribution in [-0.4, -0.2) is 131 Å². The van der Waals surface area contributed by atoms with Gasteiger partial charge in [-0.25, -0.2) is 14.8 Å². The number of pyridine rings is 4. The predicted octanol–water partition coefficient (Wildman–Crippen LogP) is 6.12. The minimum absolute atomic E-state index is 0.180. The number of hydrogen-bond acceptors (Lipinski definition) is 14. The summed E-state index contributed by atoms with van der Waals surface area (Å²) in [6.45, 7) is 18.0. The van der Waals surface area contributed by atoms with Crippen molar-refractivity contribution in [3.8, 4) is 22.8 Å². The van der Waals surface area contributed by atoms with Gasteiger partial charge in [-0.3, -0.25) is 20.2 Å². The third kappa shape index (κ3) is 8.99. The van der Waals surface area contributed by atoms with Gasteiger partial charge in [-0.15, -0.1) is 0 Å². The second-order valence-electron chi connectivity index (χ2n) is 16.9. The molecule has 316 valence electrons. The summed E-state index contributed by atoms with van der Waals surface area (Å²) in [5.74, 6) is 2.23. The number of hydrogen-bond donors (Lipinski definition) is 2. The molecular weight excluding hydrogens is 761 g/mol. The van der Waals surface area contributed by atoms with Gasteiger partial charge >= 0.3 is 5.97 Å². The summed E-state index contributed by atoms with van der Waals surface area (Å²) < 4.78 is 16.8. The Labute approximate surface area is 350 Å². The van der Waals surface area contributed by atoms with E-state index >= 15 is 0 Å². The number of nitrogens with one attached hydrogen (secondary N) is 2. The molecule has 60 heavy (non-hydrogen) atoms. The summed E-state index contributed by atoms with van der Waals surface area (Å²) in [6, 6.07) is 11.8. The number of esters is 1. The highest BCUT2D eigenvalue weighted by Gasteiger charge is 2.36. The van der Waals surface area contributed by atoms with Gasteiger partial charge in [0, 0.05) is 99.7 Å². The fraction of sp³-hybridized carbons (Fsp3) is 0.477. The Balaban J connectivity index is 0.000000170. The van der Waals surface area contributed by atoms with Gasteiger partial charge in [0.05, 0.1) is 43.5 Å². The van der Waals surface area contributed by atoms with Crippen LogP contribution in [0.4, 0.5) is 23.0 Å². The molecule has 16 heteroatoms. The van der Waals surface area contributed by atoms with Crippen molar-refractivity contribution in [2.75, 3.05) is 92.3 Å². The van der Waals surface area contributed by atoms with Gasteiger partial charge in [0.2, 0.25) is 0 Å². The molecule has 3 aliphatic heterocycles. The zero-order valence-electron chi connectivity index (χ0n) is 35.5. The smallest absolute Gasteiger partial charge is 0.329 e. The second kappa shape index (κ2) is 17.8. The normalized spacial score (nSPS) is 17.3. The molecule has 3 fully saturated rings. The number of ether oxygens (including phenoxy) is 3. The molecule has 16 nitrogen and oxygen atoms in total. The van der Waals surface area contributed by atoms with E-state index in [1.807, 2.05) is 45.2 Å². The summed E-state index contributed by atoms with van der Waals surface area (Å²) in [5.41, 5.74) is 6.59. The number of fused-ring (bicyclic) bond motifs is 2. The number of carbonyl (C=O) groups is 1. The number of aromatic nitrogens is 8. The molecule has 0 bridgehead atoms. The van der Waals surface area contributed by atoms with E-state index in [-0.39, 0.29) is 12.0 Å². The third-order valence-electron chi connectivity index (χ3n) is 10.9. The number of H-pyrrole nitrogens is 2. The van der Waals surface area contributed by atoms with E-state index in [1.165, 1.54) is 5.69 Å². The molecule has 6 aromatic heterocycles. The zero-order chi connectivity index (χ0) is 41.8. The monoisotopic (exact) mass is 816 g/mol. The van der Waals surface area contributed by atoms with E-state index in [0.717, 1.165) is 127 Å². The highest BCUT2D eigenvalue weighted by molar-refractivity contribution is 6.02. The molecule has 9 rings (SSSR count). The molecule has 0 aliphatic carbocycles. The summed E-state index contributed by atoms with van der Waals surface area (Å²) >= 11 is 0. The Bertz CT molecular complexity index is 2370. The van der Waals surface area contributed by atoms with Crippen LogP contribution >= 0.6 is 0 Å². The van der Waals surface area contributed by atoms with Crippen LogP contribution in [0.3, 0.4) is 0 Å². The van der Waals surface area contributed by atoms with Gasteiger partial charge in [-0.2, -0.15) is 10.2 Å². The lowest BCUT2D eigenvalue weighted by Gasteiger charge is -2.32. The van der Waals surface area contributed by atoms with Crippen molar-refractivity contribution in [2.24, 2.45) is 5.92 Å². The lowest BCUT2D eigenvalue weighted by molar-refractivity contribution is -0.156. The maximum atomic E-state index is 13.1. The van der Waals surface area contributed by atoms with E-state index < -0.39 is 5.60 Å². The molecule has 2 N–H and O–H groups in total. The third-order valence-corrected chi connectivity index (χ3v) is 10.9. The van der Waals surface area contributed by atoms with Crippen LogP contribution in [0.15, 0.2) is 61.2 Å². The molecule has 0 saturated carbocycles. The molecule has 0 radical (unpaired) electrons. The van der Waals surface area contributed by atoms with Gasteiger partial charge in [-0.05, 0) is 63.8 Å². The van der Waals surface area contributed by atoms with Gasteiger partial charge in [0.15, 0.2) is 0 Å². The van der Waals surface area contributed by atoms with Gasteiger partial charge in [0.1, 0.15) is 45.7 Å². The minimum atomic E-state index is -0.525. The molecule has 0 amide bonds. The van der Waals surface area contributed by atoms with Crippen molar-refractivity contribution < 1.29 is 19.0 Å². The van der Waals surface area contributed by atoms with E-state index in [2.05, 4.69) is 89.1 Å². The van der Waals surface area contributed by atoms with E-state index in [9.17, 15) is 4.79 Å². The Morgan fingerprint density at radius 1 is 0.800 bits per heavy atom. The van der Waals surface area contributed by atoms with Crippen molar-refractivity contribution in [1.82, 2.24) is 40.3 Å². The van der Waals surface area contributed by atoms with Crippen molar-refractivity contribution in [1.29, 1.82) is 0 Å². The first-order valence-electron chi connectivity index (χ1n) is 21.0. The lowest BCUT2D eigenvalue weighted by Crippen LogP contribution is -2.41. The molecule has 0 spiro atoms. The zero-order valence-corrected chi connectivity index (χ0v) is 35.5. The number of aromatic amines is 2. The average molecular weight is 817 g/mol. The van der Waals surface area contributed by atoms with Crippen LogP contribution < -0.4 is 19.6 Å². The summed E-state index contributed by atoms with van der Waals surface area (Å²) in [4.78, 5) is 41.4.